The van der Waals surface area contributed by atoms with Crippen LogP contribution in [0, 0.1) is 5.82 Å². The SMILES string of the molecule is COc1ccc(NCc2ccc(F)c(Br)c2)cc1Cl. The van der Waals surface area contributed by atoms with Crippen molar-refractivity contribution in [1.29, 1.82) is 0 Å². The van der Waals surface area contributed by atoms with E-state index in [9.17, 15) is 4.39 Å². The standard InChI is InChI=1S/C14H12BrClFNO/c1-19-14-5-3-10(7-12(14)16)18-8-9-2-4-13(17)11(15)6-9/h2-7,18H,8H2,1H3. The Morgan fingerprint density at radius 1 is 1.26 bits per heavy atom. The van der Waals surface area contributed by atoms with E-state index in [-0.39, 0.29) is 5.82 Å². The van der Waals surface area contributed by atoms with Gasteiger partial charge < -0.3 is 10.1 Å². The molecule has 0 aromatic heterocycles. The summed E-state index contributed by atoms with van der Waals surface area (Å²) < 4.78 is 18.6. The summed E-state index contributed by atoms with van der Waals surface area (Å²) in [5.74, 6) is 0.369. The van der Waals surface area contributed by atoms with Gasteiger partial charge in [-0.25, -0.2) is 4.39 Å². The molecule has 19 heavy (non-hydrogen) atoms. The number of hydrogen-bond acceptors (Lipinski definition) is 2. The third-order valence-corrected chi connectivity index (χ3v) is 3.54. The topological polar surface area (TPSA) is 21.3 Å². The maximum atomic E-state index is 13.1. The number of methoxy groups -OCH3 is 1. The van der Waals surface area contributed by atoms with E-state index in [1.807, 2.05) is 6.07 Å². The van der Waals surface area contributed by atoms with E-state index in [1.165, 1.54) is 6.07 Å². The van der Waals surface area contributed by atoms with Crippen LogP contribution in [0.15, 0.2) is 40.9 Å². The van der Waals surface area contributed by atoms with E-state index in [1.54, 1.807) is 31.4 Å². The number of rotatable bonds is 4. The van der Waals surface area contributed by atoms with Gasteiger partial charge in [0.2, 0.25) is 0 Å². The smallest absolute Gasteiger partial charge is 0.137 e. The van der Waals surface area contributed by atoms with E-state index in [0.29, 0.717) is 21.8 Å². The third kappa shape index (κ3) is 3.61. The molecule has 0 aliphatic rings. The summed E-state index contributed by atoms with van der Waals surface area (Å²) in [6.45, 7) is 0.585. The first kappa shape index (κ1) is 14.2. The van der Waals surface area contributed by atoms with E-state index in [4.69, 9.17) is 16.3 Å². The number of hydrogen-bond donors (Lipinski definition) is 1. The lowest BCUT2D eigenvalue weighted by molar-refractivity contribution is 0.415. The van der Waals surface area contributed by atoms with Crippen LogP contribution >= 0.6 is 27.5 Å². The molecule has 100 valence electrons. The van der Waals surface area contributed by atoms with Crippen molar-refractivity contribution in [1.82, 2.24) is 0 Å². The number of anilines is 1. The molecule has 0 saturated heterocycles. The summed E-state index contributed by atoms with van der Waals surface area (Å²) >= 11 is 9.20. The van der Waals surface area contributed by atoms with Gasteiger partial charge in [0.15, 0.2) is 0 Å². The Morgan fingerprint density at radius 3 is 2.68 bits per heavy atom. The number of nitrogens with one attached hydrogen (secondary N) is 1. The molecule has 2 nitrogen and oxygen atoms in total. The molecule has 2 aromatic rings. The summed E-state index contributed by atoms with van der Waals surface area (Å²) in [6.07, 6.45) is 0. The first-order chi connectivity index (χ1) is 9.10. The zero-order valence-corrected chi connectivity index (χ0v) is 12.6. The van der Waals surface area contributed by atoms with E-state index in [2.05, 4.69) is 21.2 Å². The average Bonchev–Trinajstić information content (AvgIpc) is 2.40. The summed E-state index contributed by atoms with van der Waals surface area (Å²) in [5, 5.41) is 3.77. The van der Waals surface area contributed by atoms with E-state index >= 15 is 0 Å². The van der Waals surface area contributed by atoms with Crippen LogP contribution in [0.5, 0.6) is 5.75 Å². The Balaban J connectivity index is 2.05. The zero-order valence-electron chi connectivity index (χ0n) is 10.2. The van der Waals surface area contributed by atoms with Gasteiger partial charge in [-0.1, -0.05) is 17.7 Å². The molecular weight excluding hydrogens is 333 g/mol. The fourth-order valence-corrected chi connectivity index (χ4v) is 2.31. The highest BCUT2D eigenvalue weighted by molar-refractivity contribution is 9.10. The molecule has 0 heterocycles. The Morgan fingerprint density at radius 2 is 2.05 bits per heavy atom. The lowest BCUT2D eigenvalue weighted by Gasteiger charge is -2.09. The first-order valence-corrected chi connectivity index (χ1v) is 6.78. The van der Waals surface area contributed by atoms with Crippen LogP contribution < -0.4 is 10.1 Å². The van der Waals surface area contributed by atoms with Crippen molar-refractivity contribution in [3.05, 3.63) is 57.3 Å². The second-order valence-electron chi connectivity index (χ2n) is 3.95. The molecule has 0 bridgehead atoms. The van der Waals surface area contributed by atoms with Crippen molar-refractivity contribution >= 4 is 33.2 Å². The molecule has 5 heteroatoms. The van der Waals surface area contributed by atoms with Crippen LogP contribution in [0.1, 0.15) is 5.56 Å². The van der Waals surface area contributed by atoms with Gasteiger partial charge in [-0.3, -0.25) is 0 Å². The molecule has 0 radical (unpaired) electrons. The predicted octanol–water partition coefficient (Wildman–Crippen LogP) is 4.86. The zero-order chi connectivity index (χ0) is 13.8. The monoisotopic (exact) mass is 343 g/mol. The molecule has 0 atom stereocenters. The second-order valence-corrected chi connectivity index (χ2v) is 5.21. The summed E-state index contributed by atoms with van der Waals surface area (Å²) in [6, 6.07) is 10.4. The highest BCUT2D eigenvalue weighted by Gasteiger charge is 2.03. The van der Waals surface area contributed by atoms with Gasteiger partial charge in [0, 0.05) is 12.2 Å². The molecule has 1 N–H and O–H groups in total. The molecule has 2 rings (SSSR count). The Kier molecular flexibility index (Phi) is 4.66. The van der Waals surface area contributed by atoms with Crippen LogP contribution in [0.4, 0.5) is 10.1 Å². The molecule has 0 amide bonds. The highest BCUT2D eigenvalue weighted by Crippen LogP contribution is 2.27. The van der Waals surface area contributed by atoms with Crippen molar-refractivity contribution in [2.75, 3.05) is 12.4 Å². The lowest BCUT2D eigenvalue weighted by atomic mass is 10.2. The van der Waals surface area contributed by atoms with Gasteiger partial charge in [-0.05, 0) is 51.8 Å². The largest absolute Gasteiger partial charge is 0.495 e. The molecule has 0 aliphatic carbocycles. The second kappa shape index (κ2) is 6.26. The Bertz CT molecular complexity index is 592. The fourth-order valence-electron chi connectivity index (χ4n) is 1.63. The molecule has 0 aliphatic heterocycles. The molecule has 0 unspecified atom stereocenters. The predicted molar refractivity (Wildman–Crippen MR) is 79.4 cm³/mol. The van der Waals surface area contributed by atoms with Gasteiger partial charge >= 0.3 is 0 Å². The minimum absolute atomic E-state index is 0.267. The Labute approximate surface area is 124 Å². The van der Waals surface area contributed by atoms with Gasteiger partial charge in [0.25, 0.3) is 0 Å². The third-order valence-electron chi connectivity index (χ3n) is 2.63. The average molecular weight is 345 g/mol. The minimum Gasteiger partial charge on any atom is -0.495 e. The van der Waals surface area contributed by atoms with Crippen LogP contribution in [0.2, 0.25) is 5.02 Å². The lowest BCUT2D eigenvalue weighted by Crippen LogP contribution is -2.00. The van der Waals surface area contributed by atoms with Gasteiger partial charge in [-0.15, -0.1) is 0 Å². The Hall–Kier alpha value is -1.26. The van der Waals surface area contributed by atoms with E-state index < -0.39 is 0 Å². The number of ether oxygens (including phenoxy) is 1. The van der Waals surface area contributed by atoms with Crippen molar-refractivity contribution in [2.45, 2.75) is 6.54 Å². The number of halogens is 3. The van der Waals surface area contributed by atoms with Crippen molar-refractivity contribution in [2.24, 2.45) is 0 Å². The maximum absolute atomic E-state index is 13.1. The van der Waals surface area contributed by atoms with Crippen LogP contribution in [0.3, 0.4) is 0 Å². The van der Waals surface area contributed by atoms with Gasteiger partial charge in [-0.2, -0.15) is 0 Å². The molecular formula is C14H12BrClFNO. The first-order valence-electron chi connectivity index (χ1n) is 5.61. The van der Waals surface area contributed by atoms with Gasteiger partial charge in [0.05, 0.1) is 16.6 Å². The summed E-state index contributed by atoms with van der Waals surface area (Å²) in [5.41, 5.74) is 1.85. The molecule has 0 spiro atoms. The molecule has 0 fully saturated rings. The maximum Gasteiger partial charge on any atom is 0.137 e. The summed E-state index contributed by atoms with van der Waals surface area (Å²) in [4.78, 5) is 0. The van der Waals surface area contributed by atoms with Crippen molar-refractivity contribution in [3.63, 3.8) is 0 Å². The van der Waals surface area contributed by atoms with Crippen molar-refractivity contribution in [3.8, 4) is 5.75 Å². The van der Waals surface area contributed by atoms with Crippen molar-refractivity contribution < 1.29 is 9.13 Å². The minimum atomic E-state index is -0.267. The van der Waals surface area contributed by atoms with Gasteiger partial charge in [0.1, 0.15) is 11.6 Å². The fraction of sp³-hybridized carbons (Fsp3) is 0.143. The van der Waals surface area contributed by atoms with Crippen LogP contribution in [0.25, 0.3) is 0 Å². The van der Waals surface area contributed by atoms with Crippen LogP contribution in [-0.2, 0) is 6.54 Å². The summed E-state index contributed by atoms with van der Waals surface area (Å²) in [7, 11) is 1.57. The normalized spacial score (nSPS) is 10.3. The highest BCUT2D eigenvalue weighted by atomic mass is 79.9. The molecule has 0 saturated carbocycles. The van der Waals surface area contributed by atoms with Crippen LogP contribution in [-0.4, -0.2) is 7.11 Å². The molecule has 2 aromatic carbocycles. The quantitative estimate of drug-likeness (QED) is 0.855. The number of benzene rings is 2. The van der Waals surface area contributed by atoms with E-state index in [0.717, 1.165) is 11.3 Å².